The quantitative estimate of drug-likeness (QED) is 0.806. The predicted molar refractivity (Wildman–Crippen MR) is 111 cm³/mol. The number of carbonyl (C=O) groups excluding carboxylic acids is 3. The lowest BCUT2D eigenvalue weighted by atomic mass is 9.81. The van der Waals surface area contributed by atoms with E-state index in [1.807, 2.05) is 32.0 Å². The van der Waals surface area contributed by atoms with Gasteiger partial charge >= 0.3 is 0 Å². The highest BCUT2D eigenvalue weighted by Gasteiger charge is 2.61. The van der Waals surface area contributed by atoms with Crippen LogP contribution < -0.4 is 10.2 Å². The number of aryl methyl sites for hydroxylation is 2. The molecule has 2 bridgehead atoms. The van der Waals surface area contributed by atoms with Crippen LogP contribution in [0.25, 0.3) is 0 Å². The Balaban J connectivity index is 1.41. The molecule has 0 radical (unpaired) electrons. The molecular weight excluding hydrogens is 364 g/mol. The van der Waals surface area contributed by atoms with Crippen LogP contribution in [-0.4, -0.2) is 17.7 Å². The number of amides is 3. The molecule has 5 heteroatoms. The lowest BCUT2D eigenvalue weighted by Gasteiger charge is -2.19. The molecule has 1 saturated heterocycles. The average Bonchev–Trinajstić information content (AvgIpc) is 3.35. The number of imide groups is 1. The van der Waals surface area contributed by atoms with Crippen LogP contribution in [0.1, 0.15) is 40.7 Å². The molecule has 5 rings (SSSR count). The van der Waals surface area contributed by atoms with E-state index in [2.05, 4.69) is 5.32 Å². The Kier molecular flexibility index (Phi) is 4.09. The standard InChI is InChI=1S/C24H24N2O3/c1-13-8-14(2)10-18(9-13)25-22(27)17-4-3-5-19(12-17)26-23(28)20-15-6-7-16(11-15)21(20)24(26)29/h3-5,8-10,12,15-16,20-21H,6-7,11H2,1-2H3,(H,25,27)/t15-,16-,20+,21+/m0/s1. The van der Waals surface area contributed by atoms with Crippen molar-refractivity contribution in [2.45, 2.75) is 33.1 Å². The molecule has 2 aliphatic carbocycles. The third-order valence-electron chi connectivity index (χ3n) is 6.77. The topological polar surface area (TPSA) is 66.5 Å². The summed E-state index contributed by atoms with van der Waals surface area (Å²) in [6.07, 6.45) is 3.12. The number of benzene rings is 2. The van der Waals surface area contributed by atoms with Gasteiger partial charge in [-0.2, -0.15) is 0 Å². The fourth-order valence-electron chi connectivity index (χ4n) is 5.70. The fourth-order valence-corrected chi connectivity index (χ4v) is 5.70. The Labute approximate surface area is 170 Å². The highest BCUT2D eigenvalue weighted by atomic mass is 16.2. The molecule has 0 spiro atoms. The van der Waals surface area contributed by atoms with Gasteiger partial charge in [0.2, 0.25) is 11.8 Å². The lowest BCUT2D eigenvalue weighted by molar-refractivity contribution is -0.123. The Bertz CT molecular complexity index is 996. The van der Waals surface area contributed by atoms with Gasteiger partial charge in [-0.15, -0.1) is 0 Å². The van der Waals surface area contributed by atoms with Gasteiger partial charge in [-0.3, -0.25) is 19.3 Å². The van der Waals surface area contributed by atoms with E-state index in [9.17, 15) is 14.4 Å². The van der Waals surface area contributed by atoms with Gasteiger partial charge in [-0.1, -0.05) is 12.1 Å². The van der Waals surface area contributed by atoms with E-state index < -0.39 is 0 Å². The van der Waals surface area contributed by atoms with Crippen LogP contribution in [0.15, 0.2) is 42.5 Å². The molecule has 148 valence electrons. The molecule has 3 aliphatic rings. The van der Waals surface area contributed by atoms with Gasteiger partial charge in [-0.05, 0) is 86.4 Å². The molecule has 1 N–H and O–H groups in total. The van der Waals surface area contributed by atoms with Crippen molar-refractivity contribution in [3.63, 3.8) is 0 Å². The molecule has 29 heavy (non-hydrogen) atoms. The largest absolute Gasteiger partial charge is 0.322 e. The SMILES string of the molecule is Cc1cc(C)cc(NC(=O)c2cccc(N3C(=O)[C@@H]4[C@H]5CC[C@@H](C5)[C@H]4C3=O)c2)c1. The summed E-state index contributed by atoms with van der Waals surface area (Å²) in [6.45, 7) is 3.97. The van der Waals surface area contributed by atoms with Gasteiger partial charge < -0.3 is 5.32 Å². The molecule has 3 amide bonds. The second-order valence-corrected chi connectivity index (χ2v) is 8.78. The molecule has 4 atom stereocenters. The van der Waals surface area contributed by atoms with Crippen molar-refractivity contribution in [3.8, 4) is 0 Å². The third-order valence-corrected chi connectivity index (χ3v) is 6.77. The summed E-state index contributed by atoms with van der Waals surface area (Å²) in [4.78, 5) is 40.2. The van der Waals surface area contributed by atoms with Crippen LogP contribution >= 0.6 is 0 Å². The van der Waals surface area contributed by atoms with E-state index in [-0.39, 0.29) is 29.6 Å². The summed E-state index contributed by atoms with van der Waals surface area (Å²) in [7, 11) is 0. The minimum atomic E-state index is -0.254. The van der Waals surface area contributed by atoms with Crippen molar-refractivity contribution in [3.05, 3.63) is 59.2 Å². The summed E-state index contributed by atoms with van der Waals surface area (Å²) in [5, 5.41) is 2.92. The van der Waals surface area contributed by atoms with Crippen molar-refractivity contribution < 1.29 is 14.4 Å². The number of nitrogens with zero attached hydrogens (tertiary/aromatic N) is 1. The Morgan fingerprint density at radius 2 is 1.55 bits per heavy atom. The van der Waals surface area contributed by atoms with Crippen LogP contribution in [-0.2, 0) is 9.59 Å². The zero-order chi connectivity index (χ0) is 20.3. The van der Waals surface area contributed by atoms with Crippen LogP contribution in [0.4, 0.5) is 11.4 Å². The Morgan fingerprint density at radius 1 is 0.931 bits per heavy atom. The number of hydrogen-bond acceptors (Lipinski definition) is 3. The summed E-state index contributed by atoms with van der Waals surface area (Å²) >= 11 is 0. The van der Waals surface area contributed by atoms with Gasteiger partial charge in [0.25, 0.3) is 5.91 Å². The van der Waals surface area contributed by atoms with Gasteiger partial charge in [0.1, 0.15) is 0 Å². The summed E-state index contributed by atoms with van der Waals surface area (Å²) in [5.41, 5.74) is 3.81. The van der Waals surface area contributed by atoms with Crippen molar-refractivity contribution in [2.24, 2.45) is 23.7 Å². The van der Waals surface area contributed by atoms with E-state index in [1.54, 1.807) is 24.3 Å². The van der Waals surface area contributed by atoms with Gasteiger partial charge in [0.15, 0.2) is 0 Å². The number of anilines is 2. The Hall–Kier alpha value is -2.95. The third kappa shape index (κ3) is 2.87. The smallest absolute Gasteiger partial charge is 0.255 e. The van der Waals surface area contributed by atoms with Gasteiger partial charge in [0, 0.05) is 11.3 Å². The first-order valence-corrected chi connectivity index (χ1v) is 10.3. The number of nitrogens with one attached hydrogen (secondary N) is 1. The first-order chi connectivity index (χ1) is 13.9. The maximum absolute atomic E-state index is 13.0. The minimum absolute atomic E-state index is 0.0842. The molecule has 1 heterocycles. The molecule has 2 aromatic rings. The molecule has 0 unspecified atom stereocenters. The van der Waals surface area contributed by atoms with Gasteiger partial charge in [0.05, 0.1) is 17.5 Å². The molecular formula is C24H24N2O3. The second-order valence-electron chi connectivity index (χ2n) is 8.78. The normalized spacial score (nSPS) is 27.4. The maximum Gasteiger partial charge on any atom is 0.255 e. The zero-order valence-electron chi connectivity index (χ0n) is 16.6. The van der Waals surface area contributed by atoms with E-state index in [0.717, 1.165) is 36.1 Å². The zero-order valence-corrected chi connectivity index (χ0v) is 16.6. The number of carbonyl (C=O) groups is 3. The fraction of sp³-hybridized carbons (Fsp3) is 0.375. The van der Waals surface area contributed by atoms with E-state index in [4.69, 9.17) is 0 Å². The molecule has 2 saturated carbocycles. The van der Waals surface area contributed by atoms with E-state index >= 15 is 0 Å². The lowest BCUT2D eigenvalue weighted by Crippen LogP contribution is -2.33. The first kappa shape index (κ1) is 18.1. The molecule has 0 aromatic heterocycles. The number of rotatable bonds is 3. The number of fused-ring (bicyclic) bond motifs is 5. The first-order valence-electron chi connectivity index (χ1n) is 10.3. The average molecular weight is 388 g/mol. The van der Waals surface area contributed by atoms with Crippen LogP contribution in [0, 0.1) is 37.5 Å². The summed E-state index contributed by atoms with van der Waals surface area (Å²) in [6, 6.07) is 12.7. The number of hydrogen-bond donors (Lipinski definition) is 1. The van der Waals surface area contributed by atoms with E-state index in [0.29, 0.717) is 23.1 Å². The Morgan fingerprint density at radius 3 is 2.17 bits per heavy atom. The van der Waals surface area contributed by atoms with Crippen LogP contribution in [0.3, 0.4) is 0 Å². The van der Waals surface area contributed by atoms with Crippen molar-refractivity contribution in [2.75, 3.05) is 10.2 Å². The second kappa shape index (κ2) is 6.55. The predicted octanol–water partition coefficient (Wildman–Crippen LogP) is 4.09. The van der Waals surface area contributed by atoms with Crippen molar-refractivity contribution >= 4 is 29.1 Å². The minimum Gasteiger partial charge on any atom is -0.322 e. The van der Waals surface area contributed by atoms with Crippen LogP contribution in [0.5, 0.6) is 0 Å². The van der Waals surface area contributed by atoms with Crippen molar-refractivity contribution in [1.82, 2.24) is 0 Å². The molecule has 2 aromatic carbocycles. The highest BCUT2D eigenvalue weighted by Crippen LogP contribution is 2.56. The highest BCUT2D eigenvalue weighted by molar-refractivity contribution is 6.23. The van der Waals surface area contributed by atoms with Crippen LogP contribution in [0.2, 0.25) is 0 Å². The molecule has 1 aliphatic heterocycles. The molecule has 3 fully saturated rings. The van der Waals surface area contributed by atoms with Gasteiger partial charge in [-0.25, -0.2) is 0 Å². The van der Waals surface area contributed by atoms with E-state index in [1.165, 1.54) is 4.90 Å². The van der Waals surface area contributed by atoms with Crippen molar-refractivity contribution in [1.29, 1.82) is 0 Å². The summed E-state index contributed by atoms with van der Waals surface area (Å²) < 4.78 is 0. The molecule has 5 nitrogen and oxygen atoms in total. The maximum atomic E-state index is 13.0. The summed E-state index contributed by atoms with van der Waals surface area (Å²) in [5.74, 6) is -0.0395. The monoisotopic (exact) mass is 388 g/mol.